The molecule has 0 saturated carbocycles. The first-order chi connectivity index (χ1) is 6.68. The van der Waals surface area contributed by atoms with Crippen LogP contribution in [0.5, 0.6) is 0 Å². The summed E-state index contributed by atoms with van der Waals surface area (Å²) in [4.78, 5) is 9.94. The molecule has 2 rings (SSSR count). The summed E-state index contributed by atoms with van der Waals surface area (Å²) >= 11 is 0. The van der Waals surface area contributed by atoms with E-state index in [9.17, 15) is 14.5 Å². The summed E-state index contributed by atoms with van der Waals surface area (Å²) in [6.07, 6.45) is 0.831. The van der Waals surface area contributed by atoms with E-state index in [-0.39, 0.29) is 17.5 Å². The van der Waals surface area contributed by atoms with E-state index in [0.29, 0.717) is 5.56 Å². The third-order valence-electron chi connectivity index (χ3n) is 2.39. The lowest BCUT2D eigenvalue weighted by molar-refractivity contribution is -0.385. The monoisotopic (exact) mass is 196 g/mol. The molecule has 5 heteroatoms. The fourth-order valence-corrected chi connectivity index (χ4v) is 1.47. The van der Waals surface area contributed by atoms with Gasteiger partial charge in [0.25, 0.3) is 5.69 Å². The van der Waals surface area contributed by atoms with Crippen LogP contribution in [0.15, 0.2) is 18.2 Å². The van der Waals surface area contributed by atoms with E-state index in [1.807, 2.05) is 0 Å². The number of hydrogen-bond donors (Lipinski definition) is 1. The van der Waals surface area contributed by atoms with E-state index >= 15 is 0 Å². The summed E-state index contributed by atoms with van der Waals surface area (Å²) < 4.78 is 13.2. The number of nitrogens with one attached hydrogen (secondary N) is 1. The van der Waals surface area contributed by atoms with Crippen molar-refractivity contribution in [1.82, 2.24) is 5.32 Å². The maximum atomic E-state index is 13.2. The van der Waals surface area contributed by atoms with Crippen molar-refractivity contribution in [3.05, 3.63) is 39.7 Å². The molecular formula is C9H9FN2O2. The summed E-state index contributed by atoms with van der Waals surface area (Å²) in [5, 5.41) is 13.5. The van der Waals surface area contributed by atoms with Crippen molar-refractivity contribution in [2.75, 3.05) is 6.54 Å². The molecule has 1 N–H and O–H groups in total. The average Bonchev–Trinajstić information content (AvgIpc) is 2.05. The van der Waals surface area contributed by atoms with Gasteiger partial charge in [0.15, 0.2) is 0 Å². The van der Waals surface area contributed by atoms with Crippen LogP contribution in [0.1, 0.15) is 18.0 Å². The highest BCUT2D eigenvalue weighted by Gasteiger charge is 2.23. The van der Waals surface area contributed by atoms with Crippen LogP contribution in [-0.4, -0.2) is 11.5 Å². The Morgan fingerprint density at radius 2 is 2.29 bits per heavy atom. The van der Waals surface area contributed by atoms with Crippen molar-refractivity contribution in [3.8, 4) is 0 Å². The van der Waals surface area contributed by atoms with Crippen LogP contribution in [0.3, 0.4) is 0 Å². The summed E-state index contributed by atoms with van der Waals surface area (Å²) in [7, 11) is 0. The largest absolute Gasteiger partial charge is 0.310 e. The van der Waals surface area contributed by atoms with Gasteiger partial charge in [-0.2, -0.15) is 0 Å². The number of nitrogens with zero attached hydrogens (tertiary/aromatic N) is 1. The second-order valence-corrected chi connectivity index (χ2v) is 3.26. The first-order valence-electron chi connectivity index (χ1n) is 4.35. The molecule has 1 saturated heterocycles. The molecule has 1 heterocycles. The molecule has 0 radical (unpaired) electrons. The van der Waals surface area contributed by atoms with Crippen LogP contribution in [0.2, 0.25) is 0 Å². The molecule has 0 aromatic heterocycles. The van der Waals surface area contributed by atoms with Gasteiger partial charge in [-0.05, 0) is 19.0 Å². The van der Waals surface area contributed by atoms with Gasteiger partial charge in [-0.25, -0.2) is 4.39 Å². The SMILES string of the molecule is O=[N+]([O-])c1ccc(F)c(C2CCN2)c1. The number of benzene rings is 1. The summed E-state index contributed by atoms with van der Waals surface area (Å²) in [5.74, 6) is -0.382. The standard InChI is InChI=1S/C9H9FN2O2/c10-8-2-1-6(12(13)14)5-7(8)9-3-4-11-9/h1-2,5,9,11H,3-4H2. The lowest BCUT2D eigenvalue weighted by atomic mass is 9.97. The third-order valence-corrected chi connectivity index (χ3v) is 2.39. The predicted molar refractivity (Wildman–Crippen MR) is 48.4 cm³/mol. The third kappa shape index (κ3) is 1.46. The van der Waals surface area contributed by atoms with Crippen molar-refractivity contribution in [1.29, 1.82) is 0 Å². The second-order valence-electron chi connectivity index (χ2n) is 3.26. The topological polar surface area (TPSA) is 55.2 Å². The van der Waals surface area contributed by atoms with Crippen LogP contribution in [-0.2, 0) is 0 Å². The van der Waals surface area contributed by atoms with Gasteiger partial charge in [-0.15, -0.1) is 0 Å². The fraction of sp³-hybridized carbons (Fsp3) is 0.333. The maximum Gasteiger partial charge on any atom is 0.269 e. The highest BCUT2D eigenvalue weighted by Crippen LogP contribution is 2.28. The van der Waals surface area contributed by atoms with Crippen LogP contribution < -0.4 is 5.32 Å². The van der Waals surface area contributed by atoms with Crippen molar-refractivity contribution in [2.24, 2.45) is 0 Å². The molecule has 0 spiro atoms. The normalized spacial score (nSPS) is 20.2. The Hall–Kier alpha value is -1.49. The summed E-state index contributed by atoms with van der Waals surface area (Å²) in [6.45, 7) is 0.840. The Balaban J connectivity index is 2.36. The van der Waals surface area contributed by atoms with Gasteiger partial charge in [0, 0.05) is 23.7 Å². The second kappa shape index (κ2) is 3.34. The van der Waals surface area contributed by atoms with E-state index in [0.717, 1.165) is 19.0 Å². The van der Waals surface area contributed by atoms with Gasteiger partial charge in [-0.3, -0.25) is 10.1 Å². The first-order valence-corrected chi connectivity index (χ1v) is 4.35. The van der Waals surface area contributed by atoms with Gasteiger partial charge >= 0.3 is 0 Å². The molecule has 4 nitrogen and oxygen atoms in total. The molecule has 1 aromatic carbocycles. The molecule has 14 heavy (non-hydrogen) atoms. The average molecular weight is 196 g/mol. The number of halogens is 1. The minimum absolute atomic E-state index is 0.0601. The molecule has 1 unspecified atom stereocenters. The summed E-state index contributed by atoms with van der Waals surface area (Å²) in [6, 6.07) is 3.56. The van der Waals surface area contributed by atoms with E-state index in [1.165, 1.54) is 12.1 Å². The molecular weight excluding hydrogens is 187 g/mol. The van der Waals surface area contributed by atoms with Crippen LogP contribution in [0.4, 0.5) is 10.1 Å². The van der Waals surface area contributed by atoms with E-state index in [4.69, 9.17) is 0 Å². The highest BCUT2D eigenvalue weighted by molar-refractivity contribution is 5.37. The van der Waals surface area contributed by atoms with Crippen molar-refractivity contribution < 1.29 is 9.31 Å². The van der Waals surface area contributed by atoms with Crippen molar-refractivity contribution >= 4 is 5.69 Å². The lowest BCUT2D eigenvalue weighted by Gasteiger charge is -2.28. The quantitative estimate of drug-likeness (QED) is 0.579. The highest BCUT2D eigenvalue weighted by atomic mass is 19.1. The lowest BCUT2D eigenvalue weighted by Crippen LogP contribution is -2.35. The van der Waals surface area contributed by atoms with Gasteiger partial charge < -0.3 is 5.32 Å². The van der Waals surface area contributed by atoms with Crippen molar-refractivity contribution in [3.63, 3.8) is 0 Å². The molecule has 1 atom stereocenters. The van der Waals surface area contributed by atoms with E-state index < -0.39 is 4.92 Å². The zero-order valence-electron chi connectivity index (χ0n) is 7.37. The first kappa shape index (κ1) is 9.08. The minimum atomic E-state index is -0.512. The van der Waals surface area contributed by atoms with Crippen LogP contribution in [0, 0.1) is 15.9 Å². The Labute approximate surface area is 79.9 Å². The number of non-ortho nitro benzene ring substituents is 1. The molecule has 0 bridgehead atoms. The minimum Gasteiger partial charge on any atom is -0.310 e. The van der Waals surface area contributed by atoms with E-state index in [2.05, 4.69) is 5.32 Å². The Morgan fingerprint density at radius 1 is 1.57 bits per heavy atom. The smallest absolute Gasteiger partial charge is 0.269 e. The zero-order valence-corrected chi connectivity index (χ0v) is 7.37. The van der Waals surface area contributed by atoms with Gasteiger partial charge in [0.2, 0.25) is 0 Å². The van der Waals surface area contributed by atoms with Crippen LogP contribution >= 0.6 is 0 Å². The van der Waals surface area contributed by atoms with Crippen LogP contribution in [0.25, 0.3) is 0 Å². The molecule has 0 aliphatic carbocycles. The van der Waals surface area contributed by atoms with Gasteiger partial charge in [0.1, 0.15) is 5.82 Å². The molecule has 1 aromatic rings. The molecule has 1 aliphatic rings. The summed E-state index contributed by atoms with van der Waals surface area (Å²) in [5.41, 5.74) is 0.334. The zero-order chi connectivity index (χ0) is 10.1. The predicted octanol–water partition coefficient (Wildman–Crippen LogP) is 1.77. The Kier molecular flexibility index (Phi) is 2.17. The molecule has 1 fully saturated rings. The number of rotatable bonds is 2. The Morgan fingerprint density at radius 3 is 2.79 bits per heavy atom. The van der Waals surface area contributed by atoms with E-state index in [1.54, 1.807) is 0 Å². The maximum absolute atomic E-state index is 13.2. The number of nitro groups is 1. The molecule has 1 aliphatic heterocycles. The van der Waals surface area contributed by atoms with Gasteiger partial charge in [-0.1, -0.05) is 0 Å². The molecule has 0 amide bonds. The molecule has 74 valence electrons. The Bertz CT molecular complexity index is 377. The van der Waals surface area contributed by atoms with Crippen molar-refractivity contribution in [2.45, 2.75) is 12.5 Å². The number of nitro benzene ring substituents is 1. The van der Waals surface area contributed by atoms with Gasteiger partial charge in [0.05, 0.1) is 4.92 Å². The fourth-order valence-electron chi connectivity index (χ4n) is 1.47. The number of hydrogen-bond acceptors (Lipinski definition) is 3.